The van der Waals surface area contributed by atoms with Gasteiger partial charge in [0.25, 0.3) is 0 Å². The van der Waals surface area contributed by atoms with Gasteiger partial charge in [0.05, 0.1) is 24.8 Å². The number of nitrogens with two attached hydrogens (primary N) is 2. The Morgan fingerprint density at radius 3 is 1.74 bits per heavy atom. The summed E-state index contributed by atoms with van der Waals surface area (Å²) in [6.07, 6.45) is -2.97. The molecule has 0 saturated carbocycles. The first-order valence-electron chi connectivity index (χ1n) is 44.0. The number of amides is 15. The molecule has 0 radical (unpaired) electrons. The van der Waals surface area contributed by atoms with Crippen LogP contribution in [0, 0.1) is 23.4 Å². The Balaban J connectivity index is 1.13. The van der Waals surface area contributed by atoms with Crippen LogP contribution < -0.4 is 59.3 Å². The summed E-state index contributed by atoms with van der Waals surface area (Å²) in [6.45, 7) is 3.22. The molecule has 4 heterocycles. The molecule has 3 saturated heterocycles. The number of para-hydroxylation sites is 1. The molecule has 133 heavy (non-hydrogen) atoms. The third-order valence-electron chi connectivity index (χ3n) is 23.6. The van der Waals surface area contributed by atoms with Crippen molar-refractivity contribution in [2.24, 2.45) is 17.4 Å². The average molecular weight is 1870 g/mol. The molecule has 718 valence electrons. The number of benzene rings is 5. The van der Waals surface area contributed by atoms with E-state index in [2.05, 4.69) is 52.8 Å². The van der Waals surface area contributed by atoms with Gasteiger partial charge >= 0.3 is 5.97 Å². The minimum atomic E-state index is -2.02. The van der Waals surface area contributed by atoms with Crippen LogP contribution in [-0.2, 0) is 114 Å². The molecule has 9 rings (SSSR count). The quantitative estimate of drug-likeness (QED) is 0.0348. The first kappa shape index (κ1) is 104. The molecule has 3 aliphatic heterocycles. The largest absolute Gasteiger partial charge is 0.508 e. The second-order valence-corrected chi connectivity index (χ2v) is 34.8. The number of aliphatic hydroxyl groups is 1. The summed E-state index contributed by atoms with van der Waals surface area (Å²) >= 11 is 0.646. The summed E-state index contributed by atoms with van der Waals surface area (Å²) in [7, 11) is 4.95. The highest BCUT2D eigenvalue weighted by Gasteiger charge is 2.48. The number of nitrogens with one attached hydrogen (secondary N) is 10. The number of hydrogen-bond acceptors (Lipinski definition) is 21. The molecule has 14 atom stereocenters. The molecule has 0 aliphatic carbocycles. The molecule has 37 nitrogen and oxygen atoms in total. The second-order valence-electron chi connectivity index (χ2n) is 33.7. The lowest BCUT2D eigenvalue weighted by molar-refractivity contribution is -0.152. The van der Waals surface area contributed by atoms with Crippen molar-refractivity contribution in [2.45, 2.75) is 202 Å². The summed E-state index contributed by atoms with van der Waals surface area (Å²) in [5.74, 6) is -24.2. The molecule has 0 bridgehead atoms. The number of rotatable bonds is 25. The number of thioether (sulfide) groups is 1. The van der Waals surface area contributed by atoms with Crippen LogP contribution >= 0.6 is 11.8 Å². The monoisotopic (exact) mass is 1870 g/mol. The van der Waals surface area contributed by atoms with Gasteiger partial charge < -0.3 is 109 Å². The number of methoxy groups -OCH3 is 1. The Morgan fingerprint density at radius 1 is 0.564 bits per heavy atom. The molecule has 41 heteroatoms. The van der Waals surface area contributed by atoms with E-state index in [0.29, 0.717) is 63.5 Å². The Labute approximate surface area is 771 Å². The van der Waals surface area contributed by atoms with Crippen LogP contribution in [0.15, 0.2) is 128 Å². The van der Waals surface area contributed by atoms with Gasteiger partial charge in [-0.2, -0.15) is 0 Å². The van der Waals surface area contributed by atoms with Gasteiger partial charge in [0, 0.05) is 109 Å². The summed E-state index contributed by atoms with van der Waals surface area (Å²) in [5, 5.41) is 56.2. The zero-order valence-corrected chi connectivity index (χ0v) is 75.9. The van der Waals surface area contributed by atoms with Crippen molar-refractivity contribution in [1.82, 2.24) is 77.3 Å². The smallest absolute Gasteiger partial charge is 0.305 e. The van der Waals surface area contributed by atoms with Crippen LogP contribution in [0.4, 0.5) is 13.2 Å². The number of unbranched alkanes of at least 4 members (excludes halogenated alkanes) is 1. The maximum absolute atomic E-state index is 15.7. The van der Waals surface area contributed by atoms with Gasteiger partial charge in [0.1, 0.15) is 84.3 Å². The molecule has 1 unspecified atom stereocenters. The Bertz CT molecular complexity index is 5120. The molecule has 1 aromatic heterocycles. The molecule has 0 spiro atoms. The van der Waals surface area contributed by atoms with Crippen LogP contribution in [0.2, 0.25) is 0 Å². The summed E-state index contributed by atoms with van der Waals surface area (Å²) < 4.78 is 50.4. The fourth-order valence-electron chi connectivity index (χ4n) is 16.3. The Hall–Kier alpha value is -13.0. The van der Waals surface area contributed by atoms with Crippen molar-refractivity contribution in [1.29, 1.82) is 0 Å². The molecule has 15 amide bonds. The number of primary amides is 1. The first-order chi connectivity index (χ1) is 63.4. The fraction of sp³-hybridized carbons (Fsp3) is 0.478. The van der Waals surface area contributed by atoms with Crippen LogP contribution in [0.3, 0.4) is 0 Å². The van der Waals surface area contributed by atoms with Crippen molar-refractivity contribution >= 4 is 117 Å². The van der Waals surface area contributed by atoms with E-state index in [4.69, 9.17) is 16.2 Å². The second kappa shape index (κ2) is 49.5. The standard InChI is InChI=1S/C92H118F3N17O20S/c1-8-9-27-71-91(130)112-48-58(114)44-73(112)87(126)105-67(45-77(117)118)84(123)107-79(51(2)3)92(131)109(5)72(41-52-20-12-10-13-21-52)86(125)102-64(26-18-34-96)89(128)111-35-19-28-70(111)85(124)104-66(43-56-46-98-62-25-17-16-24-59(56)62)83(122)103-65(39-54-29-31-57(113)32-30-54)82(121)101-63(33-36-132-7)81(120)106-69(80(119)99-47-75(97)115)49-133-50-76(116)100-68(40-55-37-60(93)78(95)61(94)38-55)88(127)110(6)74(90(129)108(71)4)42-53-22-14-11-15-23-53/h10-17,20-25,29-32,37-38,46,51,58,63-74,79,98,113-114H,8-9,18-19,26-28,33-36,39-45,47-50,96H2,1-7H3,(H2,97,115)(H,99,119)(H,100,116)(H,101,121)(H,102,125)(H,103,122)(H,104,124)(H,105,126)(H,106,120)(H,107,123)(H,117,118)/t58-,63+,64+,65+,66+,67+,68+,69+,70-,71+,72?,73-,74+,79+/m1/s1. The lowest BCUT2D eigenvalue weighted by Gasteiger charge is -2.38. The number of fused-ring (bicyclic) bond motifs is 3. The van der Waals surface area contributed by atoms with Gasteiger partial charge in [-0.05, 0) is 109 Å². The van der Waals surface area contributed by atoms with Crippen LogP contribution in [0.1, 0.15) is 113 Å². The van der Waals surface area contributed by atoms with Crippen molar-refractivity contribution in [3.05, 3.63) is 173 Å². The van der Waals surface area contributed by atoms with Crippen LogP contribution in [0.5, 0.6) is 5.75 Å². The number of aromatic hydroxyl groups is 1. The van der Waals surface area contributed by atoms with E-state index in [1.165, 1.54) is 64.2 Å². The van der Waals surface area contributed by atoms with E-state index in [0.717, 1.165) is 26.6 Å². The SMILES string of the molecule is CCCC[C@H]1C(=O)N2C[C@H](O)C[C@@H]2C(=O)N[C@@H](CC(=O)O)C(=O)N[C@@H](C(C)C)C(=O)N(C)C(Cc2ccccc2)C(=O)N[C@@H](CCCN)C(=O)N2CCC[C@@H]2C(=O)N[C@@H](Cc2c[nH]c3ccccc23)C(=O)N[C@@H](Cc2ccc(O)cc2)C(=O)N[C@@H](CCOC)C(=O)N[C@H](C(=O)NCC(N)=O)CSCC(=O)N[C@@H](Cc2cc(F)c(F)c(F)c2)C(=O)N(C)[C@@H](Cc2ccccc2)C(=O)N1C. The first-order valence-corrected chi connectivity index (χ1v) is 45.2. The van der Waals surface area contributed by atoms with E-state index in [1.54, 1.807) is 98.0 Å². The lowest BCUT2D eigenvalue weighted by Crippen LogP contribution is -2.62. The summed E-state index contributed by atoms with van der Waals surface area (Å²) in [6, 6.07) is 8.89. The molecular weight excluding hydrogens is 1750 g/mol. The van der Waals surface area contributed by atoms with Gasteiger partial charge in [-0.25, -0.2) is 13.2 Å². The van der Waals surface area contributed by atoms with Crippen LogP contribution in [0.25, 0.3) is 10.9 Å². The zero-order chi connectivity index (χ0) is 97.0. The van der Waals surface area contributed by atoms with Crippen molar-refractivity contribution < 1.29 is 110 Å². The number of aromatic amines is 1. The molecule has 3 aliphatic rings. The van der Waals surface area contributed by atoms with Gasteiger partial charge in [-0.1, -0.05) is 125 Å². The number of hydrogen-bond donors (Lipinski definition) is 15. The summed E-state index contributed by atoms with van der Waals surface area (Å²) in [5.41, 5.74) is 13.6. The number of carboxylic acids is 1. The minimum absolute atomic E-state index is 0.00856. The molecule has 17 N–H and O–H groups in total. The van der Waals surface area contributed by atoms with Crippen molar-refractivity contribution in [2.75, 3.05) is 72.5 Å². The highest BCUT2D eigenvalue weighted by molar-refractivity contribution is 8.00. The number of aliphatic hydroxyl groups excluding tert-OH is 1. The number of ether oxygens (including phenoxy) is 1. The lowest BCUT2D eigenvalue weighted by atomic mass is 9.98. The summed E-state index contributed by atoms with van der Waals surface area (Å²) in [4.78, 5) is 246. The number of carbonyl (C=O) groups is 16. The number of aromatic nitrogens is 1. The van der Waals surface area contributed by atoms with Crippen molar-refractivity contribution in [3.8, 4) is 5.75 Å². The highest BCUT2D eigenvalue weighted by atomic mass is 32.2. The number of phenols is 1. The topological polar surface area (TPSA) is 535 Å². The van der Waals surface area contributed by atoms with Gasteiger partial charge in [0.15, 0.2) is 17.5 Å². The highest BCUT2D eigenvalue weighted by Crippen LogP contribution is 2.29. The third kappa shape index (κ3) is 28.7. The predicted molar refractivity (Wildman–Crippen MR) is 481 cm³/mol. The number of carbonyl (C=O) groups excluding carboxylic acids is 15. The number of carboxylic acid groups (broad SMARTS) is 1. The van der Waals surface area contributed by atoms with E-state index < -0.39 is 246 Å². The maximum atomic E-state index is 15.7. The minimum Gasteiger partial charge on any atom is -0.508 e. The normalized spacial score (nSPS) is 24.1. The van der Waals surface area contributed by atoms with E-state index in [9.17, 15) is 53.3 Å². The number of halogens is 3. The molecule has 6 aromatic rings. The van der Waals surface area contributed by atoms with Gasteiger partial charge in [-0.15, -0.1) is 11.8 Å². The molecular formula is C92H118F3N17O20S. The Morgan fingerprint density at radius 2 is 1.12 bits per heavy atom. The fourth-order valence-corrected chi connectivity index (χ4v) is 17.2. The van der Waals surface area contributed by atoms with Crippen LogP contribution in [-0.4, -0.2) is 297 Å². The number of nitrogens with zero attached hydrogens (tertiary/aromatic N) is 5. The van der Waals surface area contributed by atoms with Crippen molar-refractivity contribution in [3.63, 3.8) is 0 Å². The number of likely N-dealkylation sites (N-methyl/N-ethyl adjacent to an activating group) is 3. The zero-order valence-electron chi connectivity index (χ0n) is 75.1. The van der Waals surface area contributed by atoms with E-state index in [-0.39, 0.29) is 102 Å². The van der Waals surface area contributed by atoms with E-state index in [1.807, 2.05) is 0 Å². The molecule has 3 fully saturated rings. The maximum Gasteiger partial charge on any atom is 0.305 e. The van der Waals surface area contributed by atoms with Gasteiger partial charge in [-0.3, -0.25) is 76.7 Å². The molecule has 5 aromatic carbocycles. The number of H-pyrrole nitrogens is 1. The predicted octanol–water partition coefficient (Wildman–Crippen LogP) is 0.561. The third-order valence-corrected chi connectivity index (χ3v) is 24.7. The number of aliphatic carboxylic acids is 1. The van der Waals surface area contributed by atoms with Gasteiger partial charge in [0.2, 0.25) is 88.6 Å². The average Bonchev–Trinajstić information content (AvgIpc) is 1.73. The number of phenolic OH excluding ortho intramolecular Hbond substituents is 1. The Kier molecular flexibility index (Phi) is 38.6. The van der Waals surface area contributed by atoms with E-state index >= 15 is 51.9 Å².